The van der Waals surface area contributed by atoms with Crippen LogP contribution in [0.15, 0.2) is 0 Å². The normalized spacial score (nSPS) is 24.9. The van der Waals surface area contributed by atoms with Crippen molar-refractivity contribution in [1.82, 2.24) is 9.80 Å². The third-order valence-electron chi connectivity index (χ3n) is 3.13. The quantitative estimate of drug-likeness (QED) is 0.678. The molecule has 0 N–H and O–H groups in total. The first-order chi connectivity index (χ1) is 8.36. The van der Waals surface area contributed by atoms with Gasteiger partial charge in [0.15, 0.2) is 0 Å². The average molecular weight is 269 g/mol. The van der Waals surface area contributed by atoms with Crippen LogP contribution in [-0.4, -0.2) is 46.7 Å². The van der Waals surface area contributed by atoms with E-state index in [1.165, 1.54) is 0 Å². The molecular weight excluding hydrogens is 243 g/mol. The van der Waals surface area contributed by atoms with Crippen LogP contribution < -0.4 is 0 Å². The molecule has 5 nitrogen and oxygen atoms in total. The van der Waals surface area contributed by atoms with Crippen LogP contribution in [0.4, 0.5) is 4.79 Å². The lowest BCUT2D eigenvalue weighted by Gasteiger charge is -2.39. The number of ether oxygens (including phenoxy) is 1. The molecule has 1 heterocycles. The lowest BCUT2D eigenvalue weighted by Crippen LogP contribution is -2.51. The molecule has 0 bridgehead atoms. The Bertz CT molecular complexity index is 379. The lowest BCUT2D eigenvalue weighted by atomic mass is 9.91. The maximum Gasteiger partial charge on any atom is 0.412 e. The van der Waals surface area contributed by atoms with Crippen LogP contribution in [0.2, 0.25) is 0 Å². The third-order valence-corrected chi connectivity index (χ3v) is 3.13. The zero-order valence-corrected chi connectivity index (χ0v) is 13.3. The highest BCUT2D eigenvalue weighted by Gasteiger charge is 2.50. The summed E-state index contributed by atoms with van der Waals surface area (Å²) in [6, 6.07) is -0.482. The summed E-state index contributed by atoms with van der Waals surface area (Å²) in [5.74, 6) is -0.0502. The van der Waals surface area contributed by atoms with Gasteiger partial charge in [-0.3, -0.25) is 9.69 Å². The molecule has 1 saturated heterocycles. The summed E-state index contributed by atoms with van der Waals surface area (Å²) in [7, 11) is 1.74. The topological polar surface area (TPSA) is 49.9 Å². The van der Waals surface area contributed by atoms with Gasteiger partial charge >= 0.3 is 6.09 Å². The molecule has 1 aliphatic heterocycles. The first-order valence-electron chi connectivity index (χ1n) is 6.64. The van der Waals surface area contributed by atoms with Crippen LogP contribution >= 0.6 is 0 Å². The summed E-state index contributed by atoms with van der Waals surface area (Å²) in [4.78, 5) is 27.6. The second kappa shape index (κ2) is 4.69. The van der Waals surface area contributed by atoms with Gasteiger partial charge in [-0.2, -0.15) is 0 Å². The van der Waals surface area contributed by atoms with E-state index < -0.39 is 17.7 Å². The van der Waals surface area contributed by atoms with Gasteiger partial charge in [0.2, 0.25) is 5.91 Å². The van der Waals surface area contributed by atoms with Gasteiger partial charge in [-0.25, -0.2) is 4.79 Å². The molecule has 1 rings (SSSR count). The van der Waals surface area contributed by atoms with Gasteiger partial charge in [-0.15, -0.1) is 0 Å². The van der Waals surface area contributed by atoms with E-state index in [-0.39, 0.29) is 17.5 Å². The maximum atomic E-state index is 12.3. The van der Waals surface area contributed by atoms with E-state index in [4.69, 9.17) is 4.74 Å². The highest BCUT2D eigenvalue weighted by molar-refractivity contribution is 5.89. The summed E-state index contributed by atoms with van der Waals surface area (Å²) >= 11 is 0. The van der Waals surface area contributed by atoms with Crippen molar-refractivity contribution in [3.63, 3.8) is 0 Å². The Balaban J connectivity index is 3.08. The summed E-state index contributed by atoms with van der Waals surface area (Å²) in [6.45, 7) is 13.2. The van der Waals surface area contributed by atoms with Crippen LogP contribution in [0.1, 0.15) is 48.5 Å². The smallest absolute Gasteiger partial charge is 0.412 e. The molecule has 0 spiro atoms. The lowest BCUT2D eigenvalue weighted by molar-refractivity contribution is -0.129. The molecule has 2 amide bonds. The molecule has 1 aliphatic rings. The third kappa shape index (κ3) is 3.19. The molecule has 0 radical (unpaired) electrons. The van der Waals surface area contributed by atoms with Gasteiger partial charge in [0.25, 0.3) is 0 Å². The van der Waals surface area contributed by atoms with Crippen LogP contribution in [0.3, 0.4) is 0 Å². The molecule has 110 valence electrons. The van der Waals surface area contributed by atoms with Crippen LogP contribution in [0, 0.1) is 5.41 Å². The van der Waals surface area contributed by atoms with E-state index in [0.717, 1.165) is 0 Å². The Morgan fingerprint density at radius 1 is 1.16 bits per heavy atom. The monoisotopic (exact) mass is 269 g/mol. The summed E-state index contributed by atoms with van der Waals surface area (Å²) in [5, 5.41) is 0. The molecule has 0 aromatic rings. The molecule has 2 atom stereocenters. The fourth-order valence-corrected chi connectivity index (χ4v) is 2.50. The Hall–Kier alpha value is -1.26. The van der Waals surface area contributed by atoms with Crippen molar-refractivity contribution in [2.75, 3.05) is 7.05 Å². The van der Waals surface area contributed by atoms with Gasteiger partial charge in [0.1, 0.15) is 17.8 Å². The number of rotatable bonds is 0. The molecular formula is C14H26N2O3. The SMILES string of the molecule is CN1C(=O)[C@H]([11CH3])N(C(=O)OC(C)(C)C)[C@@H]1C(C)(C)C. The standard InChI is InChI=1S/C14H26N2O3/c1-9-10(17)15(8)11(13(2,3)4)16(9)12(18)19-14(5,6)7/h9,11H,1-8H3/t9-,11+/m0/s1/i1-1. The first-order valence-corrected chi connectivity index (χ1v) is 6.64. The second-order valence-corrected chi connectivity index (χ2v) is 7.25. The fourth-order valence-electron chi connectivity index (χ4n) is 2.50. The van der Waals surface area contributed by atoms with Crippen molar-refractivity contribution in [1.29, 1.82) is 0 Å². The Morgan fingerprint density at radius 2 is 1.63 bits per heavy atom. The van der Waals surface area contributed by atoms with Gasteiger partial charge in [0, 0.05) is 12.5 Å². The minimum Gasteiger partial charge on any atom is -0.444 e. The van der Waals surface area contributed by atoms with E-state index >= 15 is 0 Å². The van der Waals surface area contributed by atoms with Crippen LogP contribution in [0.5, 0.6) is 0 Å². The Morgan fingerprint density at radius 3 is 2.00 bits per heavy atom. The van der Waals surface area contributed by atoms with Gasteiger partial charge < -0.3 is 9.64 Å². The molecule has 5 heteroatoms. The summed E-state index contributed by atoms with van der Waals surface area (Å²) in [5.41, 5.74) is -0.796. The molecule has 0 saturated carbocycles. The molecule has 19 heavy (non-hydrogen) atoms. The molecule has 1 fully saturated rings. The van der Waals surface area contributed by atoms with Crippen LogP contribution in [0.25, 0.3) is 0 Å². The van der Waals surface area contributed by atoms with E-state index in [1.807, 2.05) is 41.5 Å². The molecule has 0 aromatic carbocycles. The van der Waals surface area contributed by atoms with Crippen molar-refractivity contribution in [2.24, 2.45) is 5.41 Å². The molecule has 0 aromatic heterocycles. The number of carbonyl (C=O) groups is 2. The van der Waals surface area contributed by atoms with E-state index in [1.54, 1.807) is 23.8 Å². The number of likely N-dealkylation sites (N-methyl/N-ethyl adjacent to an activating group) is 1. The fraction of sp³-hybridized carbons (Fsp3) is 0.857. The zero-order valence-electron chi connectivity index (χ0n) is 13.3. The average Bonchev–Trinajstić information content (AvgIpc) is 2.39. The van der Waals surface area contributed by atoms with Crippen molar-refractivity contribution < 1.29 is 14.3 Å². The minimum atomic E-state index is -0.566. The van der Waals surface area contributed by atoms with E-state index in [9.17, 15) is 9.59 Å². The number of carbonyl (C=O) groups excluding carboxylic acids is 2. The summed E-state index contributed by atoms with van der Waals surface area (Å²) in [6.07, 6.45) is -0.720. The predicted octanol–water partition coefficient (Wildman–Crippen LogP) is 2.46. The zero-order chi connectivity index (χ0) is 15.2. The molecule has 0 unspecified atom stereocenters. The van der Waals surface area contributed by atoms with Gasteiger partial charge in [0.05, 0.1) is 0 Å². The summed E-state index contributed by atoms with van der Waals surface area (Å²) < 4.78 is 5.42. The first kappa shape index (κ1) is 15.8. The Kier molecular flexibility index (Phi) is 3.90. The highest BCUT2D eigenvalue weighted by atomic mass is 16.6. The number of hydrogen-bond donors (Lipinski definition) is 0. The van der Waals surface area contributed by atoms with Crippen LogP contribution in [-0.2, 0) is 9.53 Å². The van der Waals surface area contributed by atoms with Crippen molar-refractivity contribution in [3.05, 3.63) is 0 Å². The van der Waals surface area contributed by atoms with E-state index in [2.05, 4.69) is 0 Å². The van der Waals surface area contributed by atoms with Crippen molar-refractivity contribution in [3.8, 4) is 0 Å². The maximum absolute atomic E-state index is 12.3. The highest BCUT2D eigenvalue weighted by Crippen LogP contribution is 2.34. The second-order valence-electron chi connectivity index (χ2n) is 7.25. The van der Waals surface area contributed by atoms with Gasteiger partial charge in [-0.1, -0.05) is 20.8 Å². The van der Waals surface area contributed by atoms with Crippen molar-refractivity contribution in [2.45, 2.75) is 66.3 Å². The minimum absolute atomic E-state index is 0.0502. The molecule has 0 aliphatic carbocycles. The van der Waals surface area contributed by atoms with Gasteiger partial charge in [-0.05, 0) is 27.7 Å². The number of nitrogens with zero attached hydrogens (tertiary/aromatic N) is 2. The predicted molar refractivity (Wildman–Crippen MR) is 73.5 cm³/mol. The van der Waals surface area contributed by atoms with Crippen molar-refractivity contribution >= 4 is 12.0 Å². The largest absolute Gasteiger partial charge is 0.444 e. The number of hydrogen-bond acceptors (Lipinski definition) is 3. The Labute approximate surface area is 115 Å². The number of amides is 2. The van der Waals surface area contributed by atoms with E-state index in [0.29, 0.717) is 0 Å².